The molecule has 0 fully saturated rings. The van der Waals surface area contributed by atoms with Crippen molar-refractivity contribution < 1.29 is 9.90 Å². The highest BCUT2D eigenvalue weighted by Crippen LogP contribution is 2.44. The Labute approximate surface area is 308 Å². The highest BCUT2D eigenvalue weighted by molar-refractivity contribution is 6.13. The van der Waals surface area contributed by atoms with Crippen LogP contribution in [-0.4, -0.2) is 0 Å². The summed E-state index contributed by atoms with van der Waals surface area (Å²) in [6, 6.07) is 58.2. The first-order chi connectivity index (χ1) is 27.5. The van der Waals surface area contributed by atoms with E-state index < -0.39 is 0 Å². The predicted octanol–water partition coefficient (Wildman–Crippen LogP) is 14.4. The molecule has 2 heteroatoms. The van der Waals surface area contributed by atoms with Crippen LogP contribution in [0, 0.1) is 0 Å². The van der Waals surface area contributed by atoms with E-state index in [4.69, 9.17) is 4.42 Å². The van der Waals surface area contributed by atoms with Crippen molar-refractivity contribution in [1.82, 2.24) is 0 Å². The van der Waals surface area contributed by atoms with Gasteiger partial charge in [0.1, 0.15) is 11.2 Å². The van der Waals surface area contributed by atoms with Gasteiger partial charge in [0.15, 0.2) is 0 Å². The molecular weight excluding hydrogens is 631 g/mol. The second-order valence-electron chi connectivity index (χ2n) is 13.0. The molecule has 1 aromatic heterocycles. The highest BCUT2D eigenvalue weighted by Gasteiger charge is 2.19. The molecule has 0 N–H and O–H groups in total. The molecule has 0 saturated heterocycles. The SMILES string of the molecule is [2H]c1c([2H])c(N(c2ccc(-c3ccc(-c4cccc5ccccc45)cc3)cc2)c2cccc3oc4ccccc4c23)c([2H])c([2H])c1-c1cccc2ccccc12. The molecular formula is C50H33NO. The van der Waals surface area contributed by atoms with Gasteiger partial charge in [-0.25, -0.2) is 0 Å². The summed E-state index contributed by atoms with van der Waals surface area (Å²) in [6.45, 7) is 0. The van der Waals surface area contributed by atoms with Crippen LogP contribution in [0.1, 0.15) is 5.48 Å². The summed E-state index contributed by atoms with van der Waals surface area (Å²) in [6.07, 6.45) is 0. The van der Waals surface area contributed by atoms with Crippen molar-refractivity contribution in [1.29, 1.82) is 0 Å². The molecule has 0 aliphatic carbocycles. The molecule has 0 aliphatic rings. The number of hydrogen-bond acceptors (Lipinski definition) is 2. The fourth-order valence-electron chi connectivity index (χ4n) is 7.45. The van der Waals surface area contributed by atoms with Gasteiger partial charge in [0.2, 0.25) is 0 Å². The number of nitrogens with zero attached hydrogens (tertiary/aromatic N) is 1. The van der Waals surface area contributed by atoms with Gasteiger partial charge >= 0.3 is 0 Å². The van der Waals surface area contributed by atoms with Gasteiger partial charge in [0, 0.05) is 16.8 Å². The van der Waals surface area contributed by atoms with E-state index in [9.17, 15) is 5.48 Å². The van der Waals surface area contributed by atoms with Gasteiger partial charge in [-0.05, 0) is 97.3 Å². The number of para-hydroxylation sites is 1. The predicted molar refractivity (Wildman–Crippen MR) is 220 cm³/mol. The average molecular weight is 668 g/mol. The summed E-state index contributed by atoms with van der Waals surface area (Å²) in [5.41, 5.74) is 8.27. The lowest BCUT2D eigenvalue weighted by Gasteiger charge is -2.26. The summed E-state index contributed by atoms with van der Waals surface area (Å²) >= 11 is 0. The maximum atomic E-state index is 9.56. The van der Waals surface area contributed by atoms with Gasteiger partial charge in [0.05, 0.1) is 16.6 Å². The van der Waals surface area contributed by atoms with Crippen LogP contribution in [0.15, 0.2) is 205 Å². The van der Waals surface area contributed by atoms with Crippen LogP contribution in [0.25, 0.3) is 76.9 Å². The van der Waals surface area contributed by atoms with Gasteiger partial charge < -0.3 is 9.32 Å². The normalized spacial score (nSPS) is 12.5. The minimum absolute atomic E-state index is 0.102. The maximum absolute atomic E-state index is 9.56. The summed E-state index contributed by atoms with van der Waals surface area (Å²) in [7, 11) is 0. The van der Waals surface area contributed by atoms with Gasteiger partial charge in [-0.3, -0.25) is 0 Å². The molecule has 2 nitrogen and oxygen atoms in total. The van der Waals surface area contributed by atoms with Gasteiger partial charge in [-0.15, -0.1) is 0 Å². The Morgan fingerprint density at radius 2 is 0.865 bits per heavy atom. The van der Waals surface area contributed by atoms with Crippen LogP contribution < -0.4 is 4.90 Å². The minimum Gasteiger partial charge on any atom is -0.456 e. The Kier molecular flexibility index (Phi) is 6.22. The fraction of sp³-hybridized carbons (Fsp3) is 0. The van der Waals surface area contributed by atoms with Crippen molar-refractivity contribution in [2.24, 2.45) is 0 Å². The summed E-state index contributed by atoms with van der Waals surface area (Å²) < 4.78 is 44.2. The number of hydrogen-bond donors (Lipinski definition) is 0. The average Bonchev–Trinajstić information content (AvgIpc) is 3.64. The quantitative estimate of drug-likeness (QED) is 0.175. The Bertz CT molecular complexity index is 3090. The van der Waals surface area contributed by atoms with Crippen molar-refractivity contribution in [3.8, 4) is 33.4 Å². The molecule has 0 amide bonds. The number of benzene rings is 9. The molecule has 0 unspecified atom stereocenters. The topological polar surface area (TPSA) is 16.4 Å². The summed E-state index contributed by atoms with van der Waals surface area (Å²) in [5, 5.41) is 5.98. The lowest BCUT2D eigenvalue weighted by molar-refractivity contribution is 0.669. The van der Waals surface area contributed by atoms with Gasteiger partial charge in [0.25, 0.3) is 0 Å². The number of furan rings is 1. The Hall–Kier alpha value is -6.90. The monoisotopic (exact) mass is 667 g/mol. The zero-order valence-corrected chi connectivity index (χ0v) is 28.1. The van der Waals surface area contributed by atoms with Crippen LogP contribution in [0.2, 0.25) is 0 Å². The zero-order chi connectivity index (χ0) is 37.9. The highest BCUT2D eigenvalue weighted by atomic mass is 16.3. The Balaban J connectivity index is 1.13. The van der Waals surface area contributed by atoms with Crippen LogP contribution in [0.5, 0.6) is 0 Å². The fourth-order valence-corrected chi connectivity index (χ4v) is 7.45. The molecule has 0 saturated carbocycles. The second-order valence-corrected chi connectivity index (χ2v) is 13.0. The van der Waals surface area contributed by atoms with E-state index in [1.54, 1.807) is 0 Å². The molecule has 0 spiro atoms. The molecule has 0 bridgehead atoms. The molecule has 1 heterocycles. The molecule has 10 rings (SSSR count). The van der Waals surface area contributed by atoms with Gasteiger partial charge in [-0.1, -0.05) is 158 Å². The van der Waals surface area contributed by atoms with Crippen LogP contribution >= 0.6 is 0 Å². The van der Waals surface area contributed by atoms with E-state index in [1.807, 2.05) is 114 Å². The van der Waals surface area contributed by atoms with E-state index in [2.05, 4.69) is 66.7 Å². The van der Waals surface area contributed by atoms with E-state index in [0.29, 0.717) is 22.5 Å². The largest absolute Gasteiger partial charge is 0.456 e. The maximum Gasteiger partial charge on any atom is 0.137 e. The first-order valence-electron chi connectivity index (χ1n) is 19.4. The van der Waals surface area contributed by atoms with Crippen molar-refractivity contribution in [2.75, 3.05) is 4.90 Å². The van der Waals surface area contributed by atoms with Crippen molar-refractivity contribution in [2.45, 2.75) is 0 Å². The summed E-state index contributed by atoms with van der Waals surface area (Å²) in [4.78, 5) is 1.85. The molecule has 0 atom stereocenters. The minimum atomic E-state index is -0.133. The summed E-state index contributed by atoms with van der Waals surface area (Å²) in [5.74, 6) is 0. The molecule has 52 heavy (non-hydrogen) atoms. The third-order valence-corrected chi connectivity index (χ3v) is 9.96. The van der Waals surface area contributed by atoms with E-state index in [1.165, 1.54) is 16.3 Å². The lowest BCUT2D eigenvalue weighted by Crippen LogP contribution is -2.10. The number of fused-ring (bicyclic) bond motifs is 5. The van der Waals surface area contributed by atoms with Crippen LogP contribution in [0.3, 0.4) is 0 Å². The number of anilines is 3. The van der Waals surface area contributed by atoms with E-state index in [-0.39, 0.29) is 35.4 Å². The van der Waals surface area contributed by atoms with Crippen molar-refractivity contribution in [3.63, 3.8) is 0 Å². The standard InChI is InChI=1S/C50H33NO/c1-3-14-42-36(10-1)12-7-17-44(42)38-24-22-34(23-25-38)35-26-30-40(31-27-35)51(47-19-9-21-49-50(47)46-16-5-6-20-48(46)52-49)41-32-28-39(29-33-41)45-18-8-13-37-11-2-4-15-43(37)45/h1-33H/i28D,29D,32D,33D. The van der Waals surface area contributed by atoms with Crippen molar-refractivity contribution >= 4 is 60.5 Å². The number of rotatable bonds is 6. The lowest BCUT2D eigenvalue weighted by atomic mass is 9.96. The Morgan fingerprint density at radius 1 is 0.365 bits per heavy atom. The first kappa shape index (κ1) is 26.0. The molecule has 10 aromatic rings. The van der Waals surface area contributed by atoms with Crippen LogP contribution in [0.4, 0.5) is 17.1 Å². The van der Waals surface area contributed by atoms with Gasteiger partial charge in [-0.2, -0.15) is 0 Å². The van der Waals surface area contributed by atoms with E-state index in [0.717, 1.165) is 43.8 Å². The van der Waals surface area contributed by atoms with Crippen LogP contribution in [-0.2, 0) is 0 Å². The smallest absolute Gasteiger partial charge is 0.137 e. The van der Waals surface area contributed by atoms with Crippen molar-refractivity contribution in [3.05, 3.63) is 200 Å². The third-order valence-electron chi connectivity index (χ3n) is 9.96. The second kappa shape index (κ2) is 12.5. The Morgan fingerprint density at radius 3 is 1.54 bits per heavy atom. The third kappa shape index (κ3) is 5.12. The molecule has 0 radical (unpaired) electrons. The zero-order valence-electron chi connectivity index (χ0n) is 32.1. The molecule has 0 aliphatic heterocycles. The first-order valence-corrected chi connectivity index (χ1v) is 17.4. The molecule has 9 aromatic carbocycles. The van der Waals surface area contributed by atoms with E-state index >= 15 is 0 Å². The molecule has 244 valence electrons.